The topological polar surface area (TPSA) is 64.7 Å². The normalized spacial score (nSPS) is 15.9. The van der Waals surface area contributed by atoms with Crippen LogP contribution in [0.2, 0.25) is 5.02 Å². The van der Waals surface area contributed by atoms with E-state index in [-0.39, 0.29) is 11.9 Å². The van der Waals surface area contributed by atoms with Crippen LogP contribution in [0.25, 0.3) is 0 Å². The van der Waals surface area contributed by atoms with E-state index in [9.17, 15) is 9.59 Å². The van der Waals surface area contributed by atoms with Crippen molar-refractivity contribution in [2.45, 2.75) is 26.8 Å². The Morgan fingerprint density at radius 3 is 2.44 bits per heavy atom. The van der Waals surface area contributed by atoms with Gasteiger partial charge in [0.05, 0.1) is 0 Å². The van der Waals surface area contributed by atoms with Crippen LogP contribution in [0.15, 0.2) is 24.3 Å². The number of halogens is 1. The van der Waals surface area contributed by atoms with Gasteiger partial charge in [-0.05, 0) is 31.0 Å². The maximum atomic E-state index is 12.3. The summed E-state index contributed by atoms with van der Waals surface area (Å²) in [5.74, 6) is 0.228. The van der Waals surface area contributed by atoms with E-state index < -0.39 is 6.04 Å². The maximum absolute atomic E-state index is 12.3. The summed E-state index contributed by atoms with van der Waals surface area (Å²) in [4.78, 5) is 28.3. The molecule has 1 aliphatic rings. The van der Waals surface area contributed by atoms with Crippen LogP contribution in [0.4, 0.5) is 10.5 Å². The number of hydrogen-bond donors (Lipinski definition) is 2. The maximum Gasteiger partial charge on any atom is 0.318 e. The van der Waals surface area contributed by atoms with Crippen LogP contribution in [0, 0.1) is 5.92 Å². The van der Waals surface area contributed by atoms with Crippen LogP contribution in [0.3, 0.4) is 0 Å². The van der Waals surface area contributed by atoms with Gasteiger partial charge in [0, 0.05) is 43.4 Å². The second-order valence-corrected chi connectivity index (χ2v) is 7.20. The van der Waals surface area contributed by atoms with Crippen molar-refractivity contribution in [2.24, 2.45) is 5.92 Å². The molecule has 0 aromatic heterocycles. The number of benzene rings is 1. The van der Waals surface area contributed by atoms with Crippen molar-refractivity contribution in [3.8, 4) is 0 Å². The number of hydrogen-bond acceptors (Lipinski definition) is 3. The molecule has 7 heteroatoms. The molecule has 3 amide bonds. The minimum absolute atomic E-state index is 0.153. The lowest BCUT2D eigenvalue weighted by Crippen LogP contribution is -2.55. The standard InChI is InChI=1S/C18H27ClN4O2/c1-13(2)12-20-17(24)14(3)21-18(25)23-9-7-22(8-10-23)16-6-4-5-15(19)11-16/h4-6,11,13-14H,7-10,12H2,1-3H3,(H,20,24)(H,21,25). The fourth-order valence-electron chi connectivity index (χ4n) is 2.64. The predicted molar refractivity (Wildman–Crippen MR) is 101 cm³/mol. The number of anilines is 1. The van der Waals surface area contributed by atoms with E-state index in [0.717, 1.165) is 18.8 Å². The molecule has 1 aromatic rings. The Morgan fingerprint density at radius 2 is 1.84 bits per heavy atom. The number of carbonyl (C=O) groups excluding carboxylic acids is 2. The van der Waals surface area contributed by atoms with E-state index in [2.05, 4.69) is 15.5 Å². The number of carbonyl (C=O) groups is 2. The van der Waals surface area contributed by atoms with Gasteiger partial charge in [0.15, 0.2) is 0 Å². The summed E-state index contributed by atoms with van der Waals surface area (Å²) in [5, 5.41) is 6.31. The smallest absolute Gasteiger partial charge is 0.318 e. The quantitative estimate of drug-likeness (QED) is 0.840. The summed E-state index contributed by atoms with van der Waals surface area (Å²) >= 11 is 6.04. The predicted octanol–water partition coefficient (Wildman–Crippen LogP) is 2.33. The molecule has 1 saturated heterocycles. The van der Waals surface area contributed by atoms with Crippen molar-refractivity contribution in [2.75, 3.05) is 37.6 Å². The van der Waals surface area contributed by atoms with Crippen molar-refractivity contribution in [3.05, 3.63) is 29.3 Å². The van der Waals surface area contributed by atoms with Crippen LogP contribution in [0.5, 0.6) is 0 Å². The lowest BCUT2D eigenvalue weighted by molar-refractivity contribution is -0.122. The highest BCUT2D eigenvalue weighted by Gasteiger charge is 2.24. The molecule has 1 fully saturated rings. The minimum atomic E-state index is -0.544. The van der Waals surface area contributed by atoms with Crippen molar-refractivity contribution >= 4 is 29.2 Å². The molecular weight excluding hydrogens is 340 g/mol. The summed E-state index contributed by atoms with van der Waals surface area (Å²) in [6.07, 6.45) is 0. The van der Waals surface area contributed by atoms with Gasteiger partial charge in [-0.25, -0.2) is 4.79 Å². The summed E-state index contributed by atoms with van der Waals surface area (Å²) in [7, 11) is 0. The van der Waals surface area contributed by atoms with Gasteiger partial charge in [-0.2, -0.15) is 0 Å². The molecule has 0 radical (unpaired) electrons. The van der Waals surface area contributed by atoms with Gasteiger partial charge in [0.25, 0.3) is 0 Å². The van der Waals surface area contributed by atoms with Crippen LogP contribution in [-0.2, 0) is 4.79 Å². The molecular formula is C18H27ClN4O2. The minimum Gasteiger partial charge on any atom is -0.368 e. The first-order chi connectivity index (χ1) is 11.9. The van der Waals surface area contributed by atoms with Crippen molar-refractivity contribution in [3.63, 3.8) is 0 Å². The third-order valence-electron chi connectivity index (χ3n) is 4.16. The van der Waals surface area contributed by atoms with Crippen LogP contribution in [0.1, 0.15) is 20.8 Å². The molecule has 0 aliphatic carbocycles. The number of urea groups is 1. The van der Waals surface area contributed by atoms with Crippen LogP contribution < -0.4 is 15.5 Å². The average molecular weight is 367 g/mol. The Hall–Kier alpha value is -1.95. The Kier molecular flexibility index (Phi) is 6.93. The van der Waals surface area contributed by atoms with Crippen LogP contribution >= 0.6 is 11.6 Å². The number of nitrogens with one attached hydrogen (secondary N) is 2. The average Bonchev–Trinajstić information content (AvgIpc) is 2.59. The Labute approximate surface area is 154 Å². The largest absolute Gasteiger partial charge is 0.368 e. The number of amides is 3. The van der Waals surface area contributed by atoms with E-state index in [0.29, 0.717) is 30.6 Å². The van der Waals surface area contributed by atoms with Gasteiger partial charge in [-0.15, -0.1) is 0 Å². The number of nitrogens with zero attached hydrogens (tertiary/aromatic N) is 2. The Morgan fingerprint density at radius 1 is 1.16 bits per heavy atom. The molecule has 25 heavy (non-hydrogen) atoms. The molecule has 0 bridgehead atoms. The van der Waals surface area contributed by atoms with Gasteiger partial charge in [-0.3, -0.25) is 4.79 Å². The highest BCUT2D eigenvalue weighted by molar-refractivity contribution is 6.30. The van der Waals surface area contributed by atoms with E-state index in [1.54, 1.807) is 11.8 Å². The first kappa shape index (κ1) is 19.4. The molecule has 138 valence electrons. The monoisotopic (exact) mass is 366 g/mol. The molecule has 0 saturated carbocycles. The zero-order valence-electron chi connectivity index (χ0n) is 15.1. The highest BCUT2D eigenvalue weighted by Crippen LogP contribution is 2.20. The SMILES string of the molecule is CC(C)CNC(=O)C(C)NC(=O)N1CCN(c2cccc(Cl)c2)CC1. The number of piperazine rings is 1. The summed E-state index contributed by atoms with van der Waals surface area (Å²) in [6, 6.07) is 6.98. The van der Waals surface area contributed by atoms with Gasteiger partial charge < -0.3 is 20.4 Å². The van der Waals surface area contributed by atoms with Gasteiger partial charge in [0.1, 0.15) is 6.04 Å². The molecule has 1 heterocycles. The summed E-state index contributed by atoms with van der Waals surface area (Å²) in [5.41, 5.74) is 1.06. The summed E-state index contributed by atoms with van der Waals surface area (Å²) in [6.45, 7) is 9.07. The first-order valence-electron chi connectivity index (χ1n) is 8.70. The van der Waals surface area contributed by atoms with Gasteiger partial charge in [-0.1, -0.05) is 31.5 Å². The molecule has 1 unspecified atom stereocenters. The third-order valence-corrected chi connectivity index (χ3v) is 4.39. The number of rotatable bonds is 5. The highest BCUT2D eigenvalue weighted by atomic mass is 35.5. The first-order valence-corrected chi connectivity index (χ1v) is 9.08. The van der Waals surface area contributed by atoms with Crippen molar-refractivity contribution in [1.82, 2.24) is 15.5 Å². The second kappa shape index (κ2) is 8.94. The lowest BCUT2D eigenvalue weighted by Gasteiger charge is -2.36. The molecule has 1 atom stereocenters. The fourth-order valence-corrected chi connectivity index (χ4v) is 2.82. The summed E-state index contributed by atoms with van der Waals surface area (Å²) < 4.78 is 0. The molecule has 2 N–H and O–H groups in total. The van der Waals surface area contributed by atoms with Crippen molar-refractivity contribution < 1.29 is 9.59 Å². The van der Waals surface area contributed by atoms with E-state index in [4.69, 9.17) is 11.6 Å². The third kappa shape index (κ3) is 5.81. The van der Waals surface area contributed by atoms with Crippen LogP contribution in [-0.4, -0.2) is 55.6 Å². The zero-order chi connectivity index (χ0) is 18.4. The van der Waals surface area contributed by atoms with E-state index in [1.165, 1.54) is 0 Å². The molecule has 0 spiro atoms. The van der Waals surface area contributed by atoms with Crippen molar-refractivity contribution in [1.29, 1.82) is 0 Å². The second-order valence-electron chi connectivity index (χ2n) is 6.76. The Balaban J connectivity index is 1.80. The molecule has 6 nitrogen and oxygen atoms in total. The Bertz CT molecular complexity index is 600. The zero-order valence-corrected chi connectivity index (χ0v) is 15.8. The lowest BCUT2D eigenvalue weighted by atomic mass is 10.2. The van der Waals surface area contributed by atoms with E-state index in [1.807, 2.05) is 38.1 Å². The van der Waals surface area contributed by atoms with Gasteiger partial charge in [0.2, 0.25) is 5.91 Å². The molecule has 1 aromatic carbocycles. The molecule has 1 aliphatic heterocycles. The molecule has 2 rings (SSSR count). The fraction of sp³-hybridized carbons (Fsp3) is 0.556. The van der Waals surface area contributed by atoms with Gasteiger partial charge >= 0.3 is 6.03 Å². The van der Waals surface area contributed by atoms with E-state index >= 15 is 0 Å².